The zero-order valence-electron chi connectivity index (χ0n) is 10.1. The molecule has 0 fully saturated rings. The standard InChI is InChI=1S/C14H15F2OP/c1-2-17-18(15,16,13-9-5-3-6-10-13)14-11-7-4-8-12-14/h3-12H,2H2,1H3. The van der Waals surface area contributed by atoms with Crippen LogP contribution in [-0.2, 0) is 4.52 Å². The van der Waals surface area contributed by atoms with E-state index in [0.29, 0.717) is 0 Å². The molecular formula is C14H15F2OP. The molecule has 18 heavy (non-hydrogen) atoms. The third-order valence-corrected chi connectivity index (χ3v) is 5.75. The summed E-state index contributed by atoms with van der Waals surface area (Å²) in [5, 5.41) is -0.0619. The summed E-state index contributed by atoms with van der Waals surface area (Å²) in [6.07, 6.45) is 0. The third-order valence-electron chi connectivity index (χ3n) is 2.73. The van der Waals surface area contributed by atoms with Crippen LogP contribution in [0.2, 0.25) is 0 Å². The zero-order chi connectivity index (χ0) is 13.1. The summed E-state index contributed by atoms with van der Waals surface area (Å²) in [5.74, 6) is 0. The summed E-state index contributed by atoms with van der Waals surface area (Å²) in [6, 6.07) is 15.6. The molecule has 0 saturated heterocycles. The van der Waals surface area contributed by atoms with Gasteiger partial charge < -0.3 is 0 Å². The fourth-order valence-electron chi connectivity index (χ4n) is 1.88. The maximum absolute atomic E-state index is 15.2. The van der Waals surface area contributed by atoms with Crippen LogP contribution < -0.4 is 10.6 Å². The van der Waals surface area contributed by atoms with E-state index in [1.165, 1.54) is 24.3 Å². The predicted octanol–water partition coefficient (Wildman–Crippen LogP) is 3.91. The Morgan fingerprint density at radius 1 is 0.833 bits per heavy atom. The van der Waals surface area contributed by atoms with E-state index in [4.69, 9.17) is 4.52 Å². The van der Waals surface area contributed by atoms with Gasteiger partial charge in [-0.05, 0) is 0 Å². The molecule has 0 N–H and O–H groups in total. The van der Waals surface area contributed by atoms with Crippen LogP contribution in [0.25, 0.3) is 0 Å². The van der Waals surface area contributed by atoms with E-state index in [9.17, 15) is 0 Å². The average molecular weight is 268 g/mol. The Kier molecular flexibility index (Phi) is 3.47. The van der Waals surface area contributed by atoms with Gasteiger partial charge in [0.25, 0.3) is 0 Å². The quantitative estimate of drug-likeness (QED) is 0.764. The Balaban J connectivity index is 2.63. The van der Waals surface area contributed by atoms with Crippen LogP contribution >= 0.6 is 7.45 Å². The van der Waals surface area contributed by atoms with Gasteiger partial charge in [0, 0.05) is 0 Å². The van der Waals surface area contributed by atoms with Gasteiger partial charge in [-0.3, -0.25) is 0 Å². The van der Waals surface area contributed by atoms with Crippen LogP contribution in [0.3, 0.4) is 0 Å². The van der Waals surface area contributed by atoms with E-state index in [-0.39, 0.29) is 17.2 Å². The average Bonchev–Trinajstić information content (AvgIpc) is 2.41. The zero-order valence-corrected chi connectivity index (χ0v) is 11.0. The first-order valence-electron chi connectivity index (χ1n) is 5.78. The van der Waals surface area contributed by atoms with E-state index in [0.717, 1.165) is 0 Å². The van der Waals surface area contributed by atoms with Crippen molar-refractivity contribution in [3.8, 4) is 0 Å². The Labute approximate surface area is 106 Å². The molecule has 4 heteroatoms. The van der Waals surface area contributed by atoms with Crippen molar-refractivity contribution < 1.29 is 12.9 Å². The van der Waals surface area contributed by atoms with Crippen LogP contribution in [0.4, 0.5) is 8.39 Å². The van der Waals surface area contributed by atoms with Gasteiger partial charge in [0.05, 0.1) is 0 Å². The fraction of sp³-hybridized carbons (Fsp3) is 0.143. The summed E-state index contributed by atoms with van der Waals surface area (Å²) in [7, 11) is -5.49. The fourth-order valence-corrected chi connectivity index (χ4v) is 4.26. The second kappa shape index (κ2) is 4.75. The Morgan fingerprint density at radius 3 is 1.56 bits per heavy atom. The van der Waals surface area contributed by atoms with E-state index in [1.54, 1.807) is 43.3 Å². The summed E-state index contributed by atoms with van der Waals surface area (Å²) in [6.45, 7) is 1.57. The SMILES string of the molecule is CCOP(F)(F)(c1ccccc1)c1ccccc1. The molecule has 0 atom stereocenters. The van der Waals surface area contributed by atoms with Crippen LogP contribution in [0.5, 0.6) is 0 Å². The van der Waals surface area contributed by atoms with Crippen LogP contribution in [0, 0.1) is 0 Å². The van der Waals surface area contributed by atoms with Gasteiger partial charge in [-0.25, -0.2) is 0 Å². The van der Waals surface area contributed by atoms with E-state index < -0.39 is 7.45 Å². The third kappa shape index (κ3) is 2.16. The monoisotopic (exact) mass is 268 g/mol. The molecule has 0 aliphatic heterocycles. The molecule has 0 spiro atoms. The van der Waals surface area contributed by atoms with Crippen molar-refractivity contribution in [2.45, 2.75) is 6.92 Å². The molecular weight excluding hydrogens is 253 g/mol. The number of hydrogen-bond donors (Lipinski definition) is 0. The van der Waals surface area contributed by atoms with Crippen molar-refractivity contribution in [3.05, 3.63) is 60.7 Å². The maximum atomic E-state index is 15.2. The first-order valence-corrected chi connectivity index (χ1v) is 7.72. The van der Waals surface area contributed by atoms with Gasteiger partial charge in [-0.15, -0.1) is 0 Å². The van der Waals surface area contributed by atoms with Crippen molar-refractivity contribution in [3.63, 3.8) is 0 Å². The molecule has 2 aromatic rings. The molecule has 0 saturated carbocycles. The van der Waals surface area contributed by atoms with Crippen LogP contribution in [-0.4, -0.2) is 6.61 Å². The molecule has 0 aliphatic carbocycles. The minimum absolute atomic E-state index is 0.0192. The molecule has 96 valence electrons. The van der Waals surface area contributed by atoms with Gasteiger partial charge >= 0.3 is 105 Å². The number of benzene rings is 2. The minimum atomic E-state index is -5.49. The van der Waals surface area contributed by atoms with Crippen molar-refractivity contribution in [1.29, 1.82) is 0 Å². The van der Waals surface area contributed by atoms with Crippen molar-refractivity contribution in [1.82, 2.24) is 0 Å². The molecule has 2 rings (SSSR count). The molecule has 0 amide bonds. The molecule has 0 unspecified atom stereocenters. The van der Waals surface area contributed by atoms with Crippen molar-refractivity contribution in [2.75, 3.05) is 6.61 Å². The number of rotatable bonds is 4. The molecule has 1 nitrogen and oxygen atoms in total. The molecule has 0 aliphatic rings. The molecule has 0 radical (unpaired) electrons. The second-order valence-corrected chi connectivity index (χ2v) is 6.88. The van der Waals surface area contributed by atoms with Crippen LogP contribution in [0.15, 0.2) is 60.7 Å². The first-order chi connectivity index (χ1) is 8.57. The Hall–Kier alpha value is -1.31. The van der Waals surface area contributed by atoms with Gasteiger partial charge in [0.15, 0.2) is 0 Å². The first kappa shape index (κ1) is 13.1. The Morgan fingerprint density at radius 2 is 1.22 bits per heavy atom. The van der Waals surface area contributed by atoms with Crippen molar-refractivity contribution >= 4 is 18.1 Å². The Bertz CT molecular complexity index is 470. The summed E-state index contributed by atoms with van der Waals surface area (Å²) < 4.78 is 35.4. The summed E-state index contributed by atoms with van der Waals surface area (Å²) >= 11 is 0. The van der Waals surface area contributed by atoms with E-state index in [2.05, 4.69) is 0 Å². The van der Waals surface area contributed by atoms with Crippen molar-refractivity contribution in [2.24, 2.45) is 0 Å². The predicted molar refractivity (Wildman–Crippen MR) is 72.9 cm³/mol. The molecule has 0 heterocycles. The van der Waals surface area contributed by atoms with Gasteiger partial charge in [-0.1, -0.05) is 0 Å². The van der Waals surface area contributed by atoms with Crippen LogP contribution in [0.1, 0.15) is 6.92 Å². The summed E-state index contributed by atoms with van der Waals surface area (Å²) in [4.78, 5) is 0. The van der Waals surface area contributed by atoms with Gasteiger partial charge in [0.1, 0.15) is 0 Å². The van der Waals surface area contributed by atoms with Gasteiger partial charge in [0.2, 0.25) is 0 Å². The normalized spacial score (nSPS) is 13.8. The van der Waals surface area contributed by atoms with E-state index >= 15 is 8.39 Å². The molecule has 0 aromatic heterocycles. The second-order valence-electron chi connectivity index (χ2n) is 3.92. The summed E-state index contributed by atoms with van der Waals surface area (Å²) in [5.41, 5.74) is 0. The number of hydrogen-bond acceptors (Lipinski definition) is 1. The molecule has 0 bridgehead atoms. The topological polar surface area (TPSA) is 9.23 Å². The van der Waals surface area contributed by atoms with E-state index in [1.807, 2.05) is 0 Å². The number of halogens is 2. The van der Waals surface area contributed by atoms with Gasteiger partial charge in [-0.2, -0.15) is 0 Å². The molecule has 2 aromatic carbocycles.